The molecule has 1 saturated heterocycles. The number of nitrogens with one attached hydrogen (secondary N) is 2. The monoisotopic (exact) mass is 366 g/mol. The first kappa shape index (κ1) is 18.8. The van der Waals surface area contributed by atoms with Crippen LogP contribution in [0.25, 0.3) is 0 Å². The molecule has 3 rings (SSSR count). The van der Waals surface area contributed by atoms with Gasteiger partial charge in [-0.15, -0.1) is 24.2 Å². The number of halogens is 2. The van der Waals surface area contributed by atoms with E-state index < -0.39 is 5.25 Å². The van der Waals surface area contributed by atoms with Crippen molar-refractivity contribution in [2.45, 2.75) is 10.1 Å². The van der Waals surface area contributed by atoms with Crippen molar-refractivity contribution in [1.82, 2.24) is 10.6 Å². The van der Waals surface area contributed by atoms with Crippen LogP contribution < -0.4 is 10.6 Å². The summed E-state index contributed by atoms with van der Waals surface area (Å²) in [6.07, 6.45) is 0. The van der Waals surface area contributed by atoms with E-state index in [4.69, 9.17) is 0 Å². The van der Waals surface area contributed by atoms with Crippen LogP contribution in [0.3, 0.4) is 0 Å². The van der Waals surface area contributed by atoms with E-state index >= 15 is 0 Å². The van der Waals surface area contributed by atoms with Gasteiger partial charge in [-0.2, -0.15) is 0 Å². The summed E-state index contributed by atoms with van der Waals surface area (Å²) in [4.78, 5) is 13.1. The number of rotatable bonds is 6. The molecule has 0 radical (unpaired) electrons. The number of benzene rings is 2. The van der Waals surface area contributed by atoms with Gasteiger partial charge in [-0.1, -0.05) is 42.5 Å². The van der Waals surface area contributed by atoms with Crippen LogP contribution in [0.5, 0.6) is 0 Å². The van der Waals surface area contributed by atoms with Crippen LogP contribution in [-0.2, 0) is 4.79 Å². The Balaban J connectivity index is 0.00000208. The summed E-state index contributed by atoms with van der Waals surface area (Å²) in [7, 11) is 0. The molecule has 2 aromatic carbocycles. The molecule has 24 heavy (non-hydrogen) atoms. The minimum atomic E-state index is -0.457. The fraction of sp³-hybridized carbons (Fsp3) is 0.278. The van der Waals surface area contributed by atoms with Gasteiger partial charge in [0.15, 0.2) is 0 Å². The number of carbonyl (C=O) groups excluding carboxylic acids is 1. The molecule has 1 heterocycles. The Labute approximate surface area is 151 Å². The number of carbonyl (C=O) groups is 1. The van der Waals surface area contributed by atoms with Crippen LogP contribution in [0, 0.1) is 11.7 Å². The second-order valence-electron chi connectivity index (χ2n) is 5.61. The second kappa shape index (κ2) is 9.06. The minimum Gasteiger partial charge on any atom is -0.354 e. The SMILES string of the molecule is Cl.O=C(NCC1CNC1)C(Sc1ccccc1F)c1ccccc1. The number of amides is 1. The molecular formula is C18H20ClFN2OS. The van der Waals surface area contributed by atoms with Crippen LogP contribution in [0.2, 0.25) is 0 Å². The van der Waals surface area contributed by atoms with Crippen LogP contribution in [0.4, 0.5) is 4.39 Å². The standard InChI is InChI=1S/C18H19FN2OS.ClH/c19-15-8-4-5-9-16(15)23-17(14-6-2-1-3-7-14)18(22)21-12-13-10-20-11-13;/h1-9,13,17,20H,10-12H2,(H,21,22);1H. The van der Waals surface area contributed by atoms with E-state index in [0.717, 1.165) is 18.7 Å². The predicted molar refractivity (Wildman–Crippen MR) is 98.1 cm³/mol. The lowest BCUT2D eigenvalue weighted by atomic mass is 10.0. The van der Waals surface area contributed by atoms with Gasteiger partial charge in [-0.25, -0.2) is 4.39 Å². The van der Waals surface area contributed by atoms with Gasteiger partial charge in [0, 0.05) is 30.4 Å². The van der Waals surface area contributed by atoms with Gasteiger partial charge in [-0.05, 0) is 17.7 Å². The fourth-order valence-corrected chi connectivity index (χ4v) is 3.47. The Hall–Kier alpha value is -1.56. The highest BCUT2D eigenvalue weighted by Gasteiger charge is 2.25. The van der Waals surface area contributed by atoms with Gasteiger partial charge in [0.1, 0.15) is 11.1 Å². The number of thioether (sulfide) groups is 1. The van der Waals surface area contributed by atoms with Gasteiger partial charge in [-0.3, -0.25) is 4.79 Å². The largest absolute Gasteiger partial charge is 0.354 e. The molecule has 6 heteroatoms. The first-order valence-electron chi connectivity index (χ1n) is 7.68. The van der Waals surface area contributed by atoms with Crippen LogP contribution in [-0.4, -0.2) is 25.5 Å². The molecule has 1 aliphatic rings. The van der Waals surface area contributed by atoms with Crippen molar-refractivity contribution in [2.75, 3.05) is 19.6 Å². The Morgan fingerprint density at radius 2 is 1.83 bits per heavy atom. The Kier molecular flexibility index (Phi) is 7.09. The Bertz CT molecular complexity index is 667. The molecule has 0 bridgehead atoms. The van der Waals surface area contributed by atoms with Crippen molar-refractivity contribution >= 4 is 30.1 Å². The van der Waals surface area contributed by atoms with E-state index in [-0.39, 0.29) is 24.1 Å². The van der Waals surface area contributed by atoms with Crippen LogP contribution in [0.1, 0.15) is 10.8 Å². The minimum absolute atomic E-state index is 0. The molecular weight excluding hydrogens is 347 g/mol. The highest BCUT2D eigenvalue weighted by Crippen LogP contribution is 2.36. The number of hydrogen-bond donors (Lipinski definition) is 2. The molecule has 1 aliphatic heterocycles. The lowest BCUT2D eigenvalue weighted by Crippen LogP contribution is -2.48. The molecule has 1 fully saturated rings. The van der Waals surface area contributed by atoms with E-state index in [9.17, 15) is 9.18 Å². The van der Waals surface area contributed by atoms with Crippen molar-refractivity contribution in [3.05, 3.63) is 66.0 Å². The molecule has 0 aromatic heterocycles. The van der Waals surface area contributed by atoms with Crippen LogP contribution >= 0.6 is 24.2 Å². The van der Waals surface area contributed by atoms with Crippen molar-refractivity contribution in [3.63, 3.8) is 0 Å². The summed E-state index contributed by atoms with van der Waals surface area (Å²) >= 11 is 1.25. The second-order valence-corrected chi connectivity index (χ2v) is 6.76. The lowest BCUT2D eigenvalue weighted by Gasteiger charge is -2.28. The van der Waals surface area contributed by atoms with Gasteiger partial charge >= 0.3 is 0 Å². The van der Waals surface area contributed by atoms with E-state index in [2.05, 4.69) is 10.6 Å². The third-order valence-electron chi connectivity index (χ3n) is 3.85. The normalized spacial score (nSPS) is 15.0. The average molecular weight is 367 g/mol. The predicted octanol–water partition coefficient (Wildman–Crippen LogP) is 3.42. The third kappa shape index (κ3) is 4.72. The average Bonchev–Trinajstić information content (AvgIpc) is 2.53. The summed E-state index contributed by atoms with van der Waals surface area (Å²) < 4.78 is 13.9. The maximum Gasteiger partial charge on any atom is 0.238 e. The molecule has 2 N–H and O–H groups in total. The van der Waals surface area contributed by atoms with E-state index in [1.165, 1.54) is 17.8 Å². The first-order chi connectivity index (χ1) is 11.2. The van der Waals surface area contributed by atoms with Crippen LogP contribution in [0.15, 0.2) is 59.5 Å². The summed E-state index contributed by atoms with van der Waals surface area (Å²) in [5.74, 6) is 0.125. The number of hydrogen-bond acceptors (Lipinski definition) is 3. The topological polar surface area (TPSA) is 41.1 Å². The molecule has 3 nitrogen and oxygen atoms in total. The van der Waals surface area contributed by atoms with Crippen molar-refractivity contribution in [1.29, 1.82) is 0 Å². The summed E-state index contributed by atoms with van der Waals surface area (Å²) in [5, 5.41) is 5.73. The molecule has 128 valence electrons. The zero-order valence-electron chi connectivity index (χ0n) is 13.1. The first-order valence-corrected chi connectivity index (χ1v) is 8.56. The lowest BCUT2D eigenvalue weighted by molar-refractivity contribution is -0.120. The summed E-state index contributed by atoms with van der Waals surface area (Å²) in [5.41, 5.74) is 0.880. The molecule has 0 spiro atoms. The Morgan fingerprint density at radius 3 is 2.46 bits per heavy atom. The smallest absolute Gasteiger partial charge is 0.238 e. The maximum atomic E-state index is 13.9. The summed E-state index contributed by atoms with van der Waals surface area (Å²) in [6, 6.07) is 16.1. The van der Waals surface area contributed by atoms with Gasteiger partial charge in [0.2, 0.25) is 5.91 Å². The van der Waals surface area contributed by atoms with E-state index in [0.29, 0.717) is 17.4 Å². The molecule has 1 atom stereocenters. The van der Waals surface area contributed by atoms with Gasteiger partial charge < -0.3 is 10.6 Å². The summed E-state index contributed by atoms with van der Waals surface area (Å²) in [6.45, 7) is 2.54. The molecule has 0 aliphatic carbocycles. The zero-order valence-corrected chi connectivity index (χ0v) is 14.7. The molecule has 0 saturated carbocycles. The van der Waals surface area contributed by atoms with Crippen molar-refractivity contribution < 1.29 is 9.18 Å². The zero-order chi connectivity index (χ0) is 16.1. The highest BCUT2D eigenvalue weighted by atomic mass is 35.5. The van der Waals surface area contributed by atoms with E-state index in [1.807, 2.05) is 30.3 Å². The molecule has 2 aromatic rings. The van der Waals surface area contributed by atoms with Crippen molar-refractivity contribution in [3.8, 4) is 0 Å². The van der Waals surface area contributed by atoms with Crippen molar-refractivity contribution in [2.24, 2.45) is 5.92 Å². The molecule has 1 amide bonds. The Morgan fingerprint density at radius 1 is 1.17 bits per heavy atom. The fourth-order valence-electron chi connectivity index (χ4n) is 2.40. The maximum absolute atomic E-state index is 13.9. The third-order valence-corrected chi connectivity index (χ3v) is 5.16. The van der Waals surface area contributed by atoms with Gasteiger partial charge in [0.25, 0.3) is 0 Å². The highest BCUT2D eigenvalue weighted by molar-refractivity contribution is 8.00. The van der Waals surface area contributed by atoms with E-state index in [1.54, 1.807) is 18.2 Å². The quantitative estimate of drug-likeness (QED) is 0.770. The van der Waals surface area contributed by atoms with Gasteiger partial charge in [0.05, 0.1) is 0 Å². The molecule has 1 unspecified atom stereocenters.